The predicted molar refractivity (Wildman–Crippen MR) is 80.9 cm³/mol. The first kappa shape index (κ1) is 15.3. The van der Waals surface area contributed by atoms with E-state index in [1.54, 1.807) is 12.5 Å². The van der Waals surface area contributed by atoms with Crippen molar-refractivity contribution in [3.63, 3.8) is 0 Å². The van der Waals surface area contributed by atoms with Gasteiger partial charge in [0.05, 0.1) is 25.7 Å². The fraction of sp³-hybridized carbons (Fsp3) is 0.375. The lowest BCUT2D eigenvalue weighted by Gasteiger charge is -2.22. The molecule has 0 aliphatic heterocycles. The third-order valence-electron chi connectivity index (χ3n) is 3.59. The minimum Gasteiger partial charge on any atom is -0.464 e. The summed E-state index contributed by atoms with van der Waals surface area (Å²) in [5.41, 5.74) is 8.52. The van der Waals surface area contributed by atoms with Crippen LogP contribution in [-0.2, 0) is 11.3 Å². The van der Waals surface area contributed by atoms with Crippen molar-refractivity contribution in [1.29, 1.82) is 0 Å². The third-order valence-corrected chi connectivity index (χ3v) is 3.59. The van der Waals surface area contributed by atoms with E-state index < -0.39 is 0 Å². The van der Waals surface area contributed by atoms with E-state index in [9.17, 15) is 4.79 Å². The van der Waals surface area contributed by atoms with Crippen LogP contribution in [0.25, 0.3) is 0 Å². The lowest BCUT2D eigenvalue weighted by atomic mass is 9.96. The van der Waals surface area contributed by atoms with Crippen molar-refractivity contribution in [1.82, 2.24) is 9.55 Å². The van der Waals surface area contributed by atoms with E-state index in [2.05, 4.69) is 18.0 Å². The van der Waals surface area contributed by atoms with Gasteiger partial charge in [-0.25, -0.2) is 9.78 Å². The number of nitrogens with two attached hydrogens (primary N) is 1. The van der Waals surface area contributed by atoms with Crippen LogP contribution in [0.3, 0.4) is 0 Å². The van der Waals surface area contributed by atoms with Gasteiger partial charge in [-0.15, -0.1) is 0 Å². The number of imidazole rings is 1. The van der Waals surface area contributed by atoms with Crippen LogP contribution in [0.2, 0.25) is 0 Å². The molecule has 0 fully saturated rings. The van der Waals surface area contributed by atoms with Crippen molar-refractivity contribution >= 4 is 5.97 Å². The summed E-state index contributed by atoms with van der Waals surface area (Å²) in [7, 11) is 1.38. The number of hydrogen-bond acceptors (Lipinski definition) is 4. The second kappa shape index (κ2) is 7.04. The fourth-order valence-electron chi connectivity index (χ4n) is 2.58. The van der Waals surface area contributed by atoms with Crippen LogP contribution in [-0.4, -0.2) is 22.6 Å². The number of benzene rings is 1. The summed E-state index contributed by atoms with van der Waals surface area (Å²) < 4.78 is 6.71. The Morgan fingerprint density at radius 1 is 1.43 bits per heavy atom. The number of carbonyl (C=O) groups is 1. The second-order valence-electron chi connectivity index (χ2n) is 4.89. The molecular weight excluding hydrogens is 266 g/mol. The van der Waals surface area contributed by atoms with Crippen molar-refractivity contribution in [2.24, 2.45) is 5.73 Å². The van der Waals surface area contributed by atoms with Crippen LogP contribution in [0, 0.1) is 0 Å². The molecule has 1 aromatic carbocycles. The van der Waals surface area contributed by atoms with E-state index in [0.29, 0.717) is 12.2 Å². The van der Waals surface area contributed by atoms with Gasteiger partial charge >= 0.3 is 5.97 Å². The van der Waals surface area contributed by atoms with Crippen LogP contribution in [0.1, 0.15) is 47.4 Å². The Bertz CT molecular complexity index is 607. The lowest BCUT2D eigenvalue weighted by Crippen LogP contribution is -2.18. The SMILES string of the molecule is CCCC(c1ccccc1CN)n1cncc1C(=O)OC. The van der Waals surface area contributed by atoms with E-state index in [4.69, 9.17) is 10.5 Å². The number of nitrogens with zero attached hydrogens (tertiary/aromatic N) is 2. The van der Waals surface area contributed by atoms with E-state index in [-0.39, 0.29) is 12.0 Å². The molecule has 1 atom stereocenters. The highest BCUT2D eigenvalue weighted by Crippen LogP contribution is 2.28. The van der Waals surface area contributed by atoms with Crippen LogP contribution in [0.15, 0.2) is 36.8 Å². The van der Waals surface area contributed by atoms with E-state index in [1.807, 2.05) is 22.8 Å². The highest BCUT2D eigenvalue weighted by Gasteiger charge is 2.21. The number of aromatic nitrogens is 2. The third kappa shape index (κ3) is 3.13. The van der Waals surface area contributed by atoms with Gasteiger partial charge < -0.3 is 15.0 Å². The standard InChI is InChI=1S/C16H21N3O2/c1-3-6-14(13-8-5-4-7-12(13)9-17)19-11-18-10-15(19)16(20)21-2/h4-5,7-8,10-11,14H,3,6,9,17H2,1-2H3. The van der Waals surface area contributed by atoms with Gasteiger partial charge in [-0.3, -0.25) is 0 Å². The molecule has 1 unspecified atom stereocenters. The molecule has 0 saturated heterocycles. The van der Waals surface area contributed by atoms with Gasteiger partial charge in [-0.05, 0) is 17.5 Å². The number of esters is 1. The summed E-state index contributed by atoms with van der Waals surface area (Å²) in [6.07, 6.45) is 5.11. The van der Waals surface area contributed by atoms with E-state index in [0.717, 1.165) is 24.0 Å². The van der Waals surface area contributed by atoms with Crippen molar-refractivity contribution in [3.8, 4) is 0 Å². The van der Waals surface area contributed by atoms with Gasteiger partial charge in [-0.1, -0.05) is 37.6 Å². The molecule has 1 heterocycles. The molecular formula is C16H21N3O2. The maximum Gasteiger partial charge on any atom is 0.356 e. The summed E-state index contributed by atoms with van der Waals surface area (Å²) >= 11 is 0. The molecule has 2 aromatic rings. The number of methoxy groups -OCH3 is 1. The zero-order valence-electron chi connectivity index (χ0n) is 12.5. The molecule has 2 rings (SSSR count). The first-order valence-corrected chi connectivity index (χ1v) is 7.10. The fourth-order valence-corrected chi connectivity index (χ4v) is 2.58. The molecule has 1 aromatic heterocycles. The number of carbonyl (C=O) groups excluding carboxylic acids is 1. The average Bonchev–Trinajstić information content (AvgIpc) is 3.01. The number of ether oxygens (including phenoxy) is 1. The van der Waals surface area contributed by atoms with Crippen LogP contribution < -0.4 is 5.73 Å². The topological polar surface area (TPSA) is 70.1 Å². The Labute approximate surface area is 124 Å². The Hall–Kier alpha value is -2.14. The van der Waals surface area contributed by atoms with Gasteiger partial charge in [0.1, 0.15) is 5.69 Å². The van der Waals surface area contributed by atoms with Crippen molar-refractivity contribution in [2.45, 2.75) is 32.4 Å². The van der Waals surface area contributed by atoms with Gasteiger partial charge in [-0.2, -0.15) is 0 Å². The molecule has 0 bridgehead atoms. The minimum absolute atomic E-state index is 0.0337. The molecule has 0 saturated carbocycles. The van der Waals surface area contributed by atoms with Crippen LogP contribution in [0.5, 0.6) is 0 Å². The Morgan fingerprint density at radius 2 is 2.19 bits per heavy atom. The van der Waals surface area contributed by atoms with Gasteiger partial charge in [0, 0.05) is 6.54 Å². The van der Waals surface area contributed by atoms with E-state index >= 15 is 0 Å². The molecule has 2 N–H and O–H groups in total. The number of hydrogen-bond donors (Lipinski definition) is 1. The molecule has 21 heavy (non-hydrogen) atoms. The Balaban J connectivity index is 2.49. The van der Waals surface area contributed by atoms with Gasteiger partial charge in [0.15, 0.2) is 0 Å². The summed E-state index contributed by atoms with van der Waals surface area (Å²) in [6, 6.07) is 8.08. The minimum atomic E-state index is -0.376. The van der Waals surface area contributed by atoms with E-state index in [1.165, 1.54) is 7.11 Å². The Morgan fingerprint density at radius 3 is 2.86 bits per heavy atom. The lowest BCUT2D eigenvalue weighted by molar-refractivity contribution is 0.0586. The van der Waals surface area contributed by atoms with Crippen molar-refractivity contribution in [3.05, 3.63) is 53.6 Å². The summed E-state index contributed by atoms with van der Waals surface area (Å²) in [6.45, 7) is 2.59. The molecule has 5 nitrogen and oxygen atoms in total. The zero-order chi connectivity index (χ0) is 15.2. The van der Waals surface area contributed by atoms with Gasteiger partial charge in [0.25, 0.3) is 0 Å². The monoisotopic (exact) mass is 287 g/mol. The largest absolute Gasteiger partial charge is 0.464 e. The second-order valence-corrected chi connectivity index (χ2v) is 4.89. The smallest absolute Gasteiger partial charge is 0.356 e. The summed E-state index contributed by atoms with van der Waals surface area (Å²) in [5, 5.41) is 0. The van der Waals surface area contributed by atoms with Crippen molar-refractivity contribution < 1.29 is 9.53 Å². The number of rotatable bonds is 6. The van der Waals surface area contributed by atoms with Crippen LogP contribution >= 0.6 is 0 Å². The maximum absolute atomic E-state index is 11.9. The zero-order valence-corrected chi connectivity index (χ0v) is 12.5. The predicted octanol–water partition coefficient (Wildman–Crippen LogP) is 2.52. The van der Waals surface area contributed by atoms with Crippen molar-refractivity contribution in [2.75, 3.05) is 7.11 Å². The van der Waals surface area contributed by atoms with Gasteiger partial charge in [0.2, 0.25) is 0 Å². The first-order chi connectivity index (χ1) is 10.2. The molecule has 0 spiro atoms. The maximum atomic E-state index is 11.9. The quantitative estimate of drug-likeness (QED) is 0.829. The highest BCUT2D eigenvalue weighted by molar-refractivity contribution is 5.87. The first-order valence-electron chi connectivity index (χ1n) is 7.10. The highest BCUT2D eigenvalue weighted by atomic mass is 16.5. The molecule has 0 aliphatic rings. The summed E-state index contributed by atoms with van der Waals surface area (Å²) in [4.78, 5) is 16.0. The average molecular weight is 287 g/mol. The molecule has 0 amide bonds. The normalized spacial score (nSPS) is 12.1. The Kier molecular flexibility index (Phi) is 5.11. The molecule has 5 heteroatoms. The molecule has 112 valence electrons. The summed E-state index contributed by atoms with van der Waals surface area (Å²) in [5.74, 6) is -0.376. The molecule has 0 aliphatic carbocycles. The van der Waals surface area contributed by atoms with Crippen LogP contribution in [0.4, 0.5) is 0 Å². The molecule has 0 radical (unpaired) electrons.